The van der Waals surface area contributed by atoms with Gasteiger partial charge in [-0.25, -0.2) is 8.42 Å². The lowest BCUT2D eigenvalue weighted by atomic mass is 10.1. The molecule has 0 aromatic heterocycles. The lowest BCUT2D eigenvalue weighted by Crippen LogP contribution is -2.13. The summed E-state index contributed by atoms with van der Waals surface area (Å²) >= 11 is 5.89. The molecule has 0 saturated carbocycles. The summed E-state index contributed by atoms with van der Waals surface area (Å²) in [5.74, 6) is 0. The van der Waals surface area contributed by atoms with E-state index >= 15 is 0 Å². The Kier molecular flexibility index (Phi) is 4.28. The summed E-state index contributed by atoms with van der Waals surface area (Å²) < 4.78 is 26.8. The van der Waals surface area contributed by atoms with Gasteiger partial charge in [0.2, 0.25) is 0 Å². The van der Waals surface area contributed by atoms with Crippen LogP contribution in [0.15, 0.2) is 53.4 Å². The maximum absolute atomic E-state index is 12.2. The van der Waals surface area contributed by atoms with E-state index in [0.717, 1.165) is 5.56 Å². The van der Waals surface area contributed by atoms with Gasteiger partial charge in [-0.2, -0.15) is 5.26 Å². The fourth-order valence-electron chi connectivity index (χ4n) is 1.65. The number of benzene rings is 2. The number of hydrogen-bond donors (Lipinski definition) is 1. The Hall–Kier alpha value is -2.03. The lowest BCUT2D eigenvalue weighted by Gasteiger charge is -2.09. The van der Waals surface area contributed by atoms with E-state index < -0.39 is 10.0 Å². The first-order valence-electron chi connectivity index (χ1n) is 5.76. The van der Waals surface area contributed by atoms with E-state index in [1.165, 1.54) is 12.1 Å². The maximum atomic E-state index is 12.2. The second-order valence-corrected chi connectivity index (χ2v) is 6.13. The minimum atomic E-state index is -3.72. The van der Waals surface area contributed by atoms with Crippen LogP contribution in [0.4, 0.5) is 5.69 Å². The molecule has 1 N–H and O–H groups in total. The minimum Gasteiger partial charge on any atom is -0.280 e. The summed E-state index contributed by atoms with van der Waals surface area (Å²) in [7, 11) is -3.72. The van der Waals surface area contributed by atoms with Crippen LogP contribution in [0.5, 0.6) is 0 Å². The summed E-state index contributed by atoms with van der Waals surface area (Å²) in [5, 5.41) is 8.75. The molecule has 2 aromatic rings. The summed E-state index contributed by atoms with van der Waals surface area (Å²) in [5.41, 5.74) is 1.25. The fraction of sp³-hybridized carbons (Fsp3) is 0.0714. The van der Waals surface area contributed by atoms with E-state index in [1.54, 1.807) is 36.4 Å². The minimum absolute atomic E-state index is 0.0303. The third kappa shape index (κ3) is 3.29. The zero-order valence-corrected chi connectivity index (χ0v) is 11.9. The zero-order chi connectivity index (χ0) is 14.6. The van der Waals surface area contributed by atoms with Crippen molar-refractivity contribution in [3.05, 3.63) is 59.1 Å². The second kappa shape index (κ2) is 5.95. The Bertz CT molecular complexity index is 749. The number of hydrogen-bond acceptors (Lipinski definition) is 3. The second-order valence-electron chi connectivity index (χ2n) is 4.07. The van der Waals surface area contributed by atoms with Crippen LogP contribution in [0, 0.1) is 11.3 Å². The average Bonchev–Trinajstić information content (AvgIpc) is 2.41. The number of halogens is 1. The SMILES string of the molecule is N#CCc1ccc(NS(=O)(=O)c2ccccc2Cl)cc1. The predicted octanol–water partition coefficient (Wildman–Crippen LogP) is 3.21. The fourth-order valence-corrected chi connectivity index (χ4v) is 3.23. The van der Waals surface area contributed by atoms with E-state index in [9.17, 15) is 8.42 Å². The molecule has 4 nitrogen and oxygen atoms in total. The molecule has 0 bridgehead atoms. The molecule has 0 aliphatic carbocycles. The van der Waals surface area contributed by atoms with Crippen molar-refractivity contribution in [3.63, 3.8) is 0 Å². The molecule has 0 unspecified atom stereocenters. The molecular weight excluding hydrogens is 296 g/mol. The Morgan fingerprint density at radius 2 is 1.75 bits per heavy atom. The van der Waals surface area contributed by atoms with Crippen LogP contribution in [-0.2, 0) is 16.4 Å². The summed E-state index contributed by atoms with van der Waals surface area (Å²) in [6.45, 7) is 0. The molecule has 2 rings (SSSR count). The van der Waals surface area contributed by atoms with Gasteiger partial charge in [0.1, 0.15) is 4.90 Å². The van der Waals surface area contributed by atoms with Gasteiger partial charge in [0, 0.05) is 5.69 Å². The first kappa shape index (κ1) is 14.4. The highest BCUT2D eigenvalue weighted by atomic mass is 35.5. The molecule has 2 aromatic carbocycles. The van der Waals surface area contributed by atoms with Crippen LogP contribution >= 0.6 is 11.6 Å². The summed E-state index contributed by atoms with van der Waals surface area (Å²) in [4.78, 5) is 0.0303. The molecule has 0 spiro atoms. The molecule has 20 heavy (non-hydrogen) atoms. The third-order valence-electron chi connectivity index (χ3n) is 2.62. The van der Waals surface area contributed by atoms with Gasteiger partial charge in [0.25, 0.3) is 10.0 Å². The Morgan fingerprint density at radius 1 is 1.10 bits per heavy atom. The molecule has 0 saturated heterocycles. The molecule has 0 aliphatic heterocycles. The smallest absolute Gasteiger partial charge is 0.263 e. The van der Waals surface area contributed by atoms with Crippen molar-refractivity contribution in [2.24, 2.45) is 0 Å². The van der Waals surface area contributed by atoms with Crippen molar-refractivity contribution in [2.45, 2.75) is 11.3 Å². The van der Waals surface area contributed by atoms with Crippen LogP contribution in [0.25, 0.3) is 0 Å². The molecule has 0 radical (unpaired) electrons. The number of nitrogens with one attached hydrogen (secondary N) is 1. The van der Waals surface area contributed by atoms with Crippen molar-refractivity contribution >= 4 is 27.3 Å². The highest BCUT2D eigenvalue weighted by Crippen LogP contribution is 2.23. The molecule has 0 amide bonds. The Balaban J connectivity index is 2.25. The Morgan fingerprint density at radius 3 is 2.35 bits per heavy atom. The molecule has 0 aliphatic rings. The first-order valence-corrected chi connectivity index (χ1v) is 7.62. The van der Waals surface area contributed by atoms with Crippen LogP contribution < -0.4 is 4.72 Å². The number of rotatable bonds is 4. The number of nitrogens with zero attached hydrogens (tertiary/aromatic N) is 1. The summed E-state index contributed by atoms with van der Waals surface area (Å²) in [6, 6.07) is 14.9. The zero-order valence-electron chi connectivity index (χ0n) is 10.4. The van der Waals surface area contributed by atoms with Gasteiger partial charge in [-0.15, -0.1) is 0 Å². The van der Waals surface area contributed by atoms with Crippen LogP contribution in [0.2, 0.25) is 5.02 Å². The third-order valence-corrected chi connectivity index (χ3v) is 4.50. The normalized spacial score (nSPS) is 10.8. The van der Waals surface area contributed by atoms with Crippen molar-refractivity contribution in [1.29, 1.82) is 5.26 Å². The number of nitriles is 1. The van der Waals surface area contributed by atoms with E-state index in [1.807, 2.05) is 6.07 Å². The quantitative estimate of drug-likeness (QED) is 0.943. The standard InChI is InChI=1S/C14H11ClN2O2S/c15-13-3-1-2-4-14(13)20(18,19)17-12-7-5-11(6-8-12)9-10-16/h1-8,17H,9H2. The van der Waals surface area contributed by atoms with Crippen molar-refractivity contribution in [3.8, 4) is 6.07 Å². The largest absolute Gasteiger partial charge is 0.280 e. The van der Waals surface area contributed by atoms with Gasteiger partial charge in [0.05, 0.1) is 17.5 Å². The monoisotopic (exact) mass is 306 g/mol. The first-order chi connectivity index (χ1) is 9.53. The number of anilines is 1. The van der Waals surface area contributed by atoms with E-state index in [4.69, 9.17) is 16.9 Å². The van der Waals surface area contributed by atoms with Gasteiger partial charge in [0.15, 0.2) is 0 Å². The average molecular weight is 307 g/mol. The van der Waals surface area contributed by atoms with Crippen LogP contribution in [0.1, 0.15) is 5.56 Å². The molecule has 0 heterocycles. The topological polar surface area (TPSA) is 70.0 Å². The molecule has 102 valence electrons. The Labute approximate surface area is 122 Å². The van der Waals surface area contributed by atoms with Gasteiger partial charge in [-0.3, -0.25) is 4.72 Å². The van der Waals surface area contributed by atoms with E-state index in [-0.39, 0.29) is 16.3 Å². The van der Waals surface area contributed by atoms with E-state index in [0.29, 0.717) is 5.69 Å². The highest BCUT2D eigenvalue weighted by Gasteiger charge is 2.17. The molecule has 6 heteroatoms. The van der Waals surface area contributed by atoms with Gasteiger partial charge >= 0.3 is 0 Å². The van der Waals surface area contributed by atoms with Crippen molar-refractivity contribution in [1.82, 2.24) is 0 Å². The predicted molar refractivity (Wildman–Crippen MR) is 78.0 cm³/mol. The maximum Gasteiger partial charge on any atom is 0.263 e. The van der Waals surface area contributed by atoms with Crippen LogP contribution in [-0.4, -0.2) is 8.42 Å². The van der Waals surface area contributed by atoms with Gasteiger partial charge < -0.3 is 0 Å². The molecule has 0 fully saturated rings. The van der Waals surface area contributed by atoms with Gasteiger partial charge in [-0.05, 0) is 29.8 Å². The summed E-state index contributed by atoms with van der Waals surface area (Å²) in [6.07, 6.45) is 0.289. The molecular formula is C14H11ClN2O2S. The van der Waals surface area contributed by atoms with Crippen molar-refractivity contribution < 1.29 is 8.42 Å². The van der Waals surface area contributed by atoms with Crippen LogP contribution in [0.3, 0.4) is 0 Å². The molecule has 0 atom stereocenters. The number of sulfonamides is 1. The van der Waals surface area contributed by atoms with Gasteiger partial charge in [-0.1, -0.05) is 35.9 Å². The highest BCUT2D eigenvalue weighted by molar-refractivity contribution is 7.92. The van der Waals surface area contributed by atoms with E-state index in [2.05, 4.69) is 4.72 Å². The lowest BCUT2D eigenvalue weighted by molar-refractivity contribution is 0.601. The van der Waals surface area contributed by atoms with Crippen molar-refractivity contribution in [2.75, 3.05) is 4.72 Å².